The zero-order chi connectivity index (χ0) is 34.2. The van der Waals surface area contributed by atoms with Gasteiger partial charge < -0.3 is 40.2 Å². The summed E-state index contributed by atoms with van der Waals surface area (Å²) in [6, 6.07) is 18.2. The van der Waals surface area contributed by atoms with E-state index in [0.29, 0.717) is 51.3 Å². The third kappa shape index (κ3) is 12.1. The topological polar surface area (TPSA) is 155 Å². The van der Waals surface area contributed by atoms with Crippen molar-refractivity contribution in [1.82, 2.24) is 20.1 Å². The molecule has 0 fully saturated rings. The van der Waals surface area contributed by atoms with Crippen LogP contribution in [0.4, 0.5) is 0 Å². The zero-order valence-corrected chi connectivity index (χ0v) is 28.4. The second kappa shape index (κ2) is 19.8. The van der Waals surface area contributed by atoms with E-state index in [4.69, 9.17) is 14.9 Å². The Morgan fingerprint density at radius 2 is 1.66 bits per heavy atom. The Bertz CT molecular complexity index is 1610. The van der Waals surface area contributed by atoms with E-state index < -0.39 is 12.1 Å². The number of likely N-dealkylation sites (N-methyl/N-ethyl adjacent to an activating group) is 1. The smallest absolute Gasteiger partial charge is 0.332 e. The van der Waals surface area contributed by atoms with Gasteiger partial charge in [0, 0.05) is 26.2 Å². The number of aromatic hydroxyl groups is 1. The molecule has 1 heterocycles. The van der Waals surface area contributed by atoms with E-state index in [0.717, 1.165) is 54.1 Å². The van der Waals surface area contributed by atoms with Crippen molar-refractivity contribution in [2.45, 2.75) is 46.1 Å². The summed E-state index contributed by atoms with van der Waals surface area (Å²) >= 11 is 1.12. The molecule has 4 aromatic rings. The molecule has 3 aromatic carbocycles. The summed E-state index contributed by atoms with van der Waals surface area (Å²) in [4.78, 5) is 41.2. The predicted octanol–water partition coefficient (Wildman–Crippen LogP) is 3.85. The maximum atomic E-state index is 13.2. The van der Waals surface area contributed by atoms with Gasteiger partial charge in [0.2, 0.25) is 5.91 Å². The fourth-order valence-corrected chi connectivity index (χ4v) is 6.00. The van der Waals surface area contributed by atoms with Gasteiger partial charge in [0.1, 0.15) is 17.4 Å². The number of nitrogens with zero attached hydrogens (tertiary/aromatic N) is 2. The summed E-state index contributed by atoms with van der Waals surface area (Å²) in [5.41, 5.74) is 2.79. The summed E-state index contributed by atoms with van der Waals surface area (Å²) in [6.45, 7) is 11.9. The molecule has 12 heteroatoms. The third-order valence-electron chi connectivity index (χ3n) is 7.92. The summed E-state index contributed by atoms with van der Waals surface area (Å²) < 4.78 is 6.70. The predicted molar refractivity (Wildman–Crippen MR) is 187 cm³/mol. The molecule has 1 atom stereocenters. The first kappa shape index (κ1) is 37.6. The van der Waals surface area contributed by atoms with E-state index in [1.54, 1.807) is 6.07 Å². The lowest BCUT2D eigenvalue weighted by atomic mass is 10.0. The highest BCUT2D eigenvalue weighted by atomic mass is 32.1. The van der Waals surface area contributed by atoms with E-state index in [-0.39, 0.29) is 16.5 Å². The standard InChI is InChI=1S/C32H42N4O4S.C3H6O3/c1-3-35(4-2)20-21-36(19-18-33-17-14-26-12-13-28(37)30-31(26)41-32(39)34-30)29(38)16-23-40-22-15-25-10-7-9-24-8-5-6-11-27(24)25;1-2(4)3(5)6/h5-13,33,37H,3-4,14-23H2,1-2H3,(H,34,39);2,4H,1H3,(H,5,6)/t;2-/m.1/s1. The minimum atomic E-state index is -1.23. The number of carboxylic acids is 1. The second-order valence-electron chi connectivity index (χ2n) is 11.1. The molecule has 256 valence electrons. The summed E-state index contributed by atoms with van der Waals surface area (Å²) in [5.74, 6) is -0.980. The number of aromatic nitrogens is 1. The average molecular weight is 669 g/mol. The van der Waals surface area contributed by atoms with Crippen molar-refractivity contribution in [2.75, 3.05) is 59.0 Å². The van der Waals surface area contributed by atoms with Gasteiger partial charge in [0.15, 0.2) is 0 Å². The van der Waals surface area contributed by atoms with Crippen molar-refractivity contribution in [2.24, 2.45) is 0 Å². The first-order valence-electron chi connectivity index (χ1n) is 16.1. The van der Waals surface area contributed by atoms with Gasteiger partial charge in [0.05, 0.1) is 24.3 Å². The number of phenols is 1. The van der Waals surface area contributed by atoms with Crippen LogP contribution in [0.25, 0.3) is 21.0 Å². The first-order valence-corrected chi connectivity index (χ1v) is 17.0. The summed E-state index contributed by atoms with van der Waals surface area (Å²) in [6.07, 6.45) is 0.678. The van der Waals surface area contributed by atoms with Crippen LogP contribution in [0.15, 0.2) is 59.4 Å². The largest absolute Gasteiger partial charge is 0.506 e. The molecule has 0 spiro atoms. The van der Waals surface area contributed by atoms with Crippen LogP contribution in [0.3, 0.4) is 0 Å². The van der Waals surface area contributed by atoms with Crippen LogP contribution in [-0.4, -0.2) is 107 Å². The number of carbonyl (C=O) groups excluding carboxylic acids is 1. The third-order valence-corrected chi connectivity index (χ3v) is 8.87. The number of aliphatic hydroxyl groups excluding tert-OH is 1. The molecule has 0 aliphatic rings. The number of aliphatic carboxylic acids is 1. The number of nitrogens with one attached hydrogen (secondary N) is 2. The number of benzene rings is 3. The Kier molecular flexibility index (Phi) is 15.8. The highest BCUT2D eigenvalue weighted by Gasteiger charge is 2.15. The minimum Gasteiger partial charge on any atom is -0.506 e. The van der Waals surface area contributed by atoms with Crippen molar-refractivity contribution in [3.63, 3.8) is 0 Å². The van der Waals surface area contributed by atoms with Crippen LogP contribution in [0.1, 0.15) is 38.3 Å². The fourth-order valence-electron chi connectivity index (χ4n) is 5.11. The van der Waals surface area contributed by atoms with Crippen molar-refractivity contribution in [1.29, 1.82) is 0 Å². The number of amides is 1. The molecule has 1 amide bonds. The SMILES string of the molecule is CCN(CC)CCN(CCNCCc1ccc(O)c2[nH]c(=O)sc12)C(=O)CCOCCc1cccc2ccccc12.C[C@@H](O)C(=O)O. The highest BCUT2D eigenvalue weighted by Crippen LogP contribution is 2.27. The van der Waals surface area contributed by atoms with Gasteiger partial charge >= 0.3 is 10.8 Å². The molecule has 1 aromatic heterocycles. The van der Waals surface area contributed by atoms with E-state index in [1.165, 1.54) is 23.3 Å². The molecule has 0 aliphatic heterocycles. The molecule has 0 saturated carbocycles. The number of aliphatic hydroxyl groups is 1. The monoisotopic (exact) mass is 668 g/mol. The van der Waals surface area contributed by atoms with E-state index >= 15 is 0 Å². The molecule has 0 unspecified atom stereocenters. The van der Waals surface area contributed by atoms with Gasteiger partial charge in [-0.15, -0.1) is 0 Å². The lowest BCUT2D eigenvalue weighted by Gasteiger charge is -2.27. The van der Waals surface area contributed by atoms with E-state index in [9.17, 15) is 19.5 Å². The maximum Gasteiger partial charge on any atom is 0.332 e. The number of hydrogen-bond acceptors (Lipinski definition) is 9. The second-order valence-corrected chi connectivity index (χ2v) is 12.1. The molecular formula is C35H48N4O7S. The number of hydrogen-bond donors (Lipinski definition) is 5. The van der Waals surface area contributed by atoms with Crippen molar-refractivity contribution < 1.29 is 29.6 Å². The molecule has 4 rings (SSSR count). The van der Waals surface area contributed by atoms with Gasteiger partial charge in [-0.2, -0.15) is 0 Å². The lowest BCUT2D eigenvalue weighted by Crippen LogP contribution is -2.42. The van der Waals surface area contributed by atoms with E-state index in [1.807, 2.05) is 11.0 Å². The number of fused-ring (bicyclic) bond motifs is 2. The number of phenolic OH excluding ortho intramolecular Hbond substituents is 1. The highest BCUT2D eigenvalue weighted by molar-refractivity contribution is 7.16. The first-order chi connectivity index (χ1) is 22.6. The number of H-pyrrole nitrogens is 1. The number of rotatable bonds is 18. The van der Waals surface area contributed by atoms with E-state index in [2.05, 4.69) is 71.5 Å². The average Bonchev–Trinajstić information content (AvgIpc) is 3.47. The lowest BCUT2D eigenvalue weighted by molar-refractivity contribution is -0.145. The van der Waals surface area contributed by atoms with Crippen molar-refractivity contribution in [3.05, 3.63) is 75.4 Å². The fraction of sp³-hybridized carbons (Fsp3) is 0.457. The zero-order valence-electron chi connectivity index (χ0n) is 27.5. The maximum absolute atomic E-state index is 13.2. The summed E-state index contributed by atoms with van der Waals surface area (Å²) in [7, 11) is 0. The van der Waals surface area contributed by atoms with Gasteiger partial charge in [0.25, 0.3) is 0 Å². The van der Waals surface area contributed by atoms with Gasteiger partial charge in [-0.05, 0) is 67.4 Å². The normalized spacial score (nSPS) is 11.9. The van der Waals surface area contributed by atoms with Crippen LogP contribution >= 0.6 is 11.3 Å². The van der Waals surface area contributed by atoms with Crippen LogP contribution in [0.5, 0.6) is 5.75 Å². The molecular weight excluding hydrogens is 620 g/mol. The number of thiazole rings is 1. The Morgan fingerprint density at radius 3 is 2.38 bits per heavy atom. The van der Waals surface area contributed by atoms with Crippen LogP contribution < -0.4 is 10.2 Å². The molecule has 11 nitrogen and oxygen atoms in total. The van der Waals surface area contributed by atoms with Crippen molar-refractivity contribution in [3.8, 4) is 5.75 Å². The van der Waals surface area contributed by atoms with Gasteiger partial charge in [-0.25, -0.2) is 4.79 Å². The molecule has 0 saturated heterocycles. The quantitative estimate of drug-likeness (QED) is 0.0995. The van der Waals surface area contributed by atoms with Crippen LogP contribution in [0.2, 0.25) is 0 Å². The number of carbonyl (C=O) groups is 2. The number of carboxylic acid groups (broad SMARTS) is 1. The number of aromatic amines is 1. The minimum absolute atomic E-state index is 0.0926. The Morgan fingerprint density at radius 1 is 0.936 bits per heavy atom. The van der Waals surface area contributed by atoms with Crippen LogP contribution in [-0.2, 0) is 27.2 Å². The summed E-state index contributed by atoms with van der Waals surface area (Å²) in [5, 5.41) is 31.7. The Hall–Kier alpha value is -3.81. The van der Waals surface area contributed by atoms with Crippen molar-refractivity contribution >= 4 is 44.2 Å². The Balaban J connectivity index is 0.000000913. The molecule has 0 radical (unpaired) electrons. The Labute approximate surface area is 279 Å². The van der Waals surface area contributed by atoms with Gasteiger partial charge in [-0.1, -0.05) is 73.7 Å². The molecule has 0 aliphatic carbocycles. The number of ether oxygens (including phenoxy) is 1. The molecule has 5 N–H and O–H groups in total. The molecule has 0 bridgehead atoms. The van der Waals surface area contributed by atoms with Gasteiger partial charge in [-0.3, -0.25) is 9.59 Å². The van der Waals surface area contributed by atoms with Crippen LogP contribution in [0, 0.1) is 0 Å². The molecule has 47 heavy (non-hydrogen) atoms.